The van der Waals surface area contributed by atoms with Crippen molar-refractivity contribution < 1.29 is 19.8 Å². The molecule has 1 aromatic heterocycles. The Labute approximate surface area is 161 Å². The van der Waals surface area contributed by atoms with E-state index < -0.39 is 17.4 Å². The fourth-order valence-electron chi connectivity index (χ4n) is 2.78. The zero-order valence-electron chi connectivity index (χ0n) is 15.0. The molecule has 8 nitrogen and oxygen atoms in total. The highest BCUT2D eigenvalue weighted by Crippen LogP contribution is 2.39. The Balaban J connectivity index is 1.74. The summed E-state index contributed by atoms with van der Waals surface area (Å²) in [7, 11) is 0. The minimum absolute atomic E-state index is 0.163. The summed E-state index contributed by atoms with van der Waals surface area (Å²) in [4.78, 5) is 27.3. The molecule has 2 aromatic rings. The van der Waals surface area contributed by atoms with Crippen LogP contribution in [0.3, 0.4) is 0 Å². The van der Waals surface area contributed by atoms with Crippen LogP contribution < -0.4 is 10.6 Å². The lowest BCUT2D eigenvalue weighted by Gasteiger charge is -2.15. The molecule has 1 fully saturated rings. The van der Waals surface area contributed by atoms with Crippen molar-refractivity contribution in [2.45, 2.75) is 24.8 Å². The van der Waals surface area contributed by atoms with Crippen molar-refractivity contribution in [1.29, 1.82) is 5.41 Å². The second-order valence-electron chi connectivity index (χ2n) is 6.65. The number of nitrogens with one attached hydrogen (secondary N) is 3. The van der Waals surface area contributed by atoms with Crippen molar-refractivity contribution in [3.05, 3.63) is 60.1 Å². The third-order valence-electron chi connectivity index (χ3n) is 4.46. The summed E-state index contributed by atoms with van der Waals surface area (Å²) in [6, 6.07) is 10.7. The summed E-state index contributed by atoms with van der Waals surface area (Å²) >= 11 is 0. The molecule has 5 N–H and O–H groups in total. The van der Waals surface area contributed by atoms with Crippen LogP contribution in [0.4, 0.5) is 5.69 Å². The van der Waals surface area contributed by atoms with Crippen molar-refractivity contribution in [3.8, 4) is 5.75 Å². The number of nitrogens with zero attached hydrogens (tertiary/aromatic N) is 1. The molecule has 0 spiro atoms. The molecule has 0 saturated heterocycles. The molecule has 0 radical (unpaired) electrons. The Bertz CT molecular complexity index is 936. The maximum absolute atomic E-state index is 12.4. The summed E-state index contributed by atoms with van der Waals surface area (Å²) in [5.74, 6) is -1.95. The monoisotopic (exact) mass is 380 g/mol. The molecule has 8 heteroatoms. The third-order valence-corrected chi connectivity index (χ3v) is 4.46. The molecule has 0 bridgehead atoms. The number of aliphatic carboxylic acids is 1. The lowest BCUT2D eigenvalue weighted by Crippen LogP contribution is -2.38. The van der Waals surface area contributed by atoms with Crippen LogP contribution in [-0.2, 0) is 4.79 Å². The number of allylic oxidation sites excluding steroid dienone is 1. The van der Waals surface area contributed by atoms with Gasteiger partial charge in [-0.25, -0.2) is 4.98 Å². The van der Waals surface area contributed by atoms with Gasteiger partial charge < -0.3 is 26.3 Å². The molecule has 1 heterocycles. The molecular formula is C20H20N4O4. The minimum atomic E-state index is -0.989. The van der Waals surface area contributed by atoms with E-state index in [9.17, 15) is 14.7 Å². The second kappa shape index (κ2) is 7.91. The first kappa shape index (κ1) is 19.1. The van der Waals surface area contributed by atoms with E-state index in [1.807, 2.05) is 30.3 Å². The number of amides is 1. The van der Waals surface area contributed by atoms with E-state index in [-0.39, 0.29) is 17.9 Å². The maximum atomic E-state index is 12.4. The number of rotatable bonds is 8. The fourth-order valence-corrected chi connectivity index (χ4v) is 2.78. The van der Waals surface area contributed by atoms with Gasteiger partial charge in [-0.15, -0.1) is 0 Å². The molecule has 1 aromatic carbocycles. The van der Waals surface area contributed by atoms with Gasteiger partial charge in [0.2, 0.25) is 0 Å². The smallest absolute Gasteiger partial charge is 0.305 e. The molecule has 1 aliphatic carbocycles. The average Bonchev–Trinajstić information content (AvgIpc) is 3.41. The van der Waals surface area contributed by atoms with E-state index in [4.69, 9.17) is 10.5 Å². The van der Waals surface area contributed by atoms with Crippen LogP contribution >= 0.6 is 0 Å². The van der Waals surface area contributed by atoms with Gasteiger partial charge >= 0.3 is 5.97 Å². The Kier molecular flexibility index (Phi) is 5.39. The van der Waals surface area contributed by atoms with Crippen LogP contribution in [0.25, 0.3) is 5.57 Å². The number of hydrogen-bond donors (Lipinski definition) is 5. The van der Waals surface area contributed by atoms with Gasteiger partial charge in [0, 0.05) is 35.4 Å². The highest BCUT2D eigenvalue weighted by Gasteiger charge is 2.46. The van der Waals surface area contributed by atoms with E-state index in [0.717, 1.165) is 11.9 Å². The van der Waals surface area contributed by atoms with Gasteiger partial charge in [-0.2, -0.15) is 0 Å². The van der Waals surface area contributed by atoms with E-state index in [1.165, 1.54) is 12.3 Å². The first-order chi connectivity index (χ1) is 13.4. The largest absolute Gasteiger partial charge is 0.505 e. The van der Waals surface area contributed by atoms with Gasteiger partial charge in [0.1, 0.15) is 5.75 Å². The number of carbonyl (C=O) groups excluding carboxylic acids is 1. The standard InChI is InChI=1S/C20H20N4O4/c21-10-14(12-22-15-4-2-1-3-5-15)13-8-16(25)18(23-11-13)19(28)24-20(6-7-20)9-17(26)27/h1-5,8,10-12,21-22,25H,6-7,9H2,(H,24,28)(H,26,27)/b14-12+,21-10?. The normalized spacial score (nSPS) is 14.8. The van der Waals surface area contributed by atoms with Crippen molar-refractivity contribution in [1.82, 2.24) is 10.3 Å². The van der Waals surface area contributed by atoms with Crippen LogP contribution in [0.5, 0.6) is 5.75 Å². The van der Waals surface area contributed by atoms with Crippen molar-refractivity contribution in [3.63, 3.8) is 0 Å². The number of carboxylic acid groups (broad SMARTS) is 1. The molecule has 3 rings (SSSR count). The predicted octanol–water partition coefficient (Wildman–Crippen LogP) is 2.63. The quantitative estimate of drug-likeness (QED) is 0.447. The molecule has 144 valence electrons. The number of hydrogen-bond acceptors (Lipinski definition) is 6. The third kappa shape index (κ3) is 4.53. The molecule has 0 unspecified atom stereocenters. The molecule has 1 amide bonds. The fraction of sp³-hybridized carbons (Fsp3) is 0.200. The van der Waals surface area contributed by atoms with Gasteiger partial charge in [-0.3, -0.25) is 9.59 Å². The number of aromatic nitrogens is 1. The topological polar surface area (TPSA) is 135 Å². The molecule has 0 atom stereocenters. The lowest BCUT2D eigenvalue weighted by molar-refractivity contribution is -0.137. The molecule has 28 heavy (non-hydrogen) atoms. The Morgan fingerprint density at radius 2 is 1.96 bits per heavy atom. The molecule has 1 aliphatic rings. The number of carboxylic acids is 1. The van der Waals surface area contributed by atoms with Gasteiger partial charge in [0.25, 0.3) is 5.91 Å². The molecule has 1 saturated carbocycles. The van der Waals surface area contributed by atoms with Crippen LogP contribution in [0.15, 0.2) is 48.8 Å². The van der Waals surface area contributed by atoms with Crippen LogP contribution in [0, 0.1) is 5.41 Å². The van der Waals surface area contributed by atoms with Gasteiger partial charge in [-0.05, 0) is 31.0 Å². The number of pyridine rings is 1. The summed E-state index contributed by atoms with van der Waals surface area (Å²) in [6.07, 6.45) is 5.09. The number of para-hydroxylation sites is 1. The van der Waals surface area contributed by atoms with Crippen LogP contribution in [0.2, 0.25) is 0 Å². The molecular weight excluding hydrogens is 360 g/mol. The average molecular weight is 380 g/mol. The first-order valence-electron chi connectivity index (χ1n) is 8.68. The zero-order valence-corrected chi connectivity index (χ0v) is 15.0. The SMILES string of the molecule is N=C/C(=C\Nc1ccccc1)c1cnc(C(=O)NC2(CC(=O)O)CC2)c(O)c1. The summed E-state index contributed by atoms with van der Waals surface area (Å²) in [5, 5.41) is 32.5. The highest BCUT2D eigenvalue weighted by molar-refractivity contribution is 6.09. The van der Waals surface area contributed by atoms with Crippen molar-refractivity contribution >= 4 is 29.4 Å². The summed E-state index contributed by atoms with van der Waals surface area (Å²) in [6.45, 7) is 0. The van der Waals surface area contributed by atoms with E-state index in [2.05, 4.69) is 15.6 Å². The highest BCUT2D eigenvalue weighted by atomic mass is 16.4. The number of carbonyl (C=O) groups is 2. The lowest BCUT2D eigenvalue weighted by atomic mass is 10.1. The first-order valence-corrected chi connectivity index (χ1v) is 8.68. The van der Waals surface area contributed by atoms with E-state index >= 15 is 0 Å². The number of anilines is 1. The summed E-state index contributed by atoms with van der Waals surface area (Å²) < 4.78 is 0. The van der Waals surface area contributed by atoms with E-state index in [0.29, 0.717) is 24.0 Å². The Morgan fingerprint density at radius 1 is 1.25 bits per heavy atom. The van der Waals surface area contributed by atoms with Gasteiger partial charge in [-0.1, -0.05) is 18.2 Å². The minimum Gasteiger partial charge on any atom is -0.505 e. The van der Waals surface area contributed by atoms with Gasteiger partial charge in [0.15, 0.2) is 5.69 Å². The van der Waals surface area contributed by atoms with Crippen LogP contribution in [0.1, 0.15) is 35.3 Å². The molecule has 0 aliphatic heterocycles. The van der Waals surface area contributed by atoms with Gasteiger partial charge in [0.05, 0.1) is 12.0 Å². The van der Waals surface area contributed by atoms with Crippen LogP contribution in [-0.4, -0.2) is 38.8 Å². The van der Waals surface area contributed by atoms with Crippen molar-refractivity contribution in [2.24, 2.45) is 0 Å². The van der Waals surface area contributed by atoms with E-state index in [1.54, 1.807) is 6.20 Å². The summed E-state index contributed by atoms with van der Waals surface area (Å²) in [5.41, 5.74) is 0.821. The second-order valence-corrected chi connectivity index (χ2v) is 6.65. The number of benzene rings is 1. The van der Waals surface area contributed by atoms with Crippen molar-refractivity contribution in [2.75, 3.05) is 5.32 Å². The Morgan fingerprint density at radius 3 is 2.54 bits per heavy atom. The number of aromatic hydroxyl groups is 1. The maximum Gasteiger partial charge on any atom is 0.305 e. The zero-order chi connectivity index (χ0) is 20.1. The predicted molar refractivity (Wildman–Crippen MR) is 104 cm³/mol. The Hall–Kier alpha value is -3.68.